The van der Waals surface area contributed by atoms with Crippen molar-refractivity contribution in [2.75, 3.05) is 42.3 Å². The zero-order chi connectivity index (χ0) is 31.8. The van der Waals surface area contributed by atoms with Crippen molar-refractivity contribution in [1.82, 2.24) is 0 Å². The summed E-state index contributed by atoms with van der Waals surface area (Å²) >= 11 is 0. The molecule has 0 aromatic heterocycles. The molecule has 0 heterocycles. The molecule has 0 unspecified atom stereocenters. The lowest BCUT2D eigenvalue weighted by atomic mass is 10.0. The molecule has 0 N–H and O–H groups in total. The van der Waals surface area contributed by atoms with Gasteiger partial charge in [0.15, 0.2) is 0 Å². The highest BCUT2D eigenvalue weighted by atomic mass is 15.3. The van der Waals surface area contributed by atoms with Crippen molar-refractivity contribution in [1.29, 1.82) is 0 Å². The number of unbranched alkanes of at least 4 members (excludes halogenated alkanes) is 8. The molecule has 3 rings (SSSR count). The van der Waals surface area contributed by atoms with E-state index in [1.807, 2.05) is 0 Å². The Hall–Kier alpha value is -3.74. The third-order valence-electron chi connectivity index (χ3n) is 7.23. The molecule has 0 bridgehead atoms. The van der Waals surface area contributed by atoms with Crippen LogP contribution in [-0.4, -0.2) is 51.3 Å². The van der Waals surface area contributed by atoms with Gasteiger partial charge in [-0.2, -0.15) is 0 Å². The van der Waals surface area contributed by atoms with E-state index in [0.717, 1.165) is 56.3 Å². The van der Waals surface area contributed by atoms with Crippen molar-refractivity contribution >= 4 is 0 Å². The first-order valence-electron chi connectivity index (χ1n) is 16.5. The maximum Gasteiger partial charge on any atom is 0.104 e. The first kappa shape index (κ1) is 34.7. The van der Waals surface area contributed by atoms with Gasteiger partial charge in [0.05, 0.1) is 42.3 Å². The molecule has 0 atom stereocenters. The van der Waals surface area contributed by atoms with Crippen molar-refractivity contribution in [3.05, 3.63) is 106 Å². The van der Waals surface area contributed by atoms with Crippen molar-refractivity contribution in [3.8, 4) is 35.5 Å². The highest BCUT2D eigenvalue weighted by molar-refractivity contribution is 5.49. The molecule has 3 aromatic carbocycles. The SMILES string of the molecule is CCCCCCCCCCC#Cc1ccc(C#Cc2ccc(C#Cc3cc(C[N+](C)(C)C)cc(C[N+](C)(C)C)c3)cc2)cc1. The fourth-order valence-corrected chi connectivity index (χ4v) is 5.19. The predicted molar refractivity (Wildman–Crippen MR) is 189 cm³/mol. The van der Waals surface area contributed by atoms with Gasteiger partial charge in [0.2, 0.25) is 0 Å². The van der Waals surface area contributed by atoms with E-state index in [-0.39, 0.29) is 0 Å². The van der Waals surface area contributed by atoms with Crippen LogP contribution in [0.3, 0.4) is 0 Å². The molecule has 0 amide bonds. The molecule has 2 heteroatoms. The van der Waals surface area contributed by atoms with Crippen LogP contribution in [0.5, 0.6) is 0 Å². The van der Waals surface area contributed by atoms with Gasteiger partial charge in [0, 0.05) is 45.4 Å². The van der Waals surface area contributed by atoms with Gasteiger partial charge < -0.3 is 8.97 Å². The number of quaternary nitrogens is 2. The Labute approximate surface area is 269 Å². The van der Waals surface area contributed by atoms with Crippen LogP contribution in [0.4, 0.5) is 0 Å². The van der Waals surface area contributed by atoms with Crippen LogP contribution >= 0.6 is 0 Å². The second-order valence-electron chi connectivity index (χ2n) is 14.1. The monoisotopic (exact) mass is 586 g/mol. The lowest BCUT2D eigenvalue weighted by Crippen LogP contribution is -2.34. The molecule has 0 radical (unpaired) electrons. The topological polar surface area (TPSA) is 0 Å². The van der Waals surface area contributed by atoms with Crippen molar-refractivity contribution in [3.63, 3.8) is 0 Å². The fraction of sp³-hybridized carbons (Fsp3) is 0.429. The van der Waals surface area contributed by atoms with Gasteiger partial charge in [-0.25, -0.2) is 0 Å². The van der Waals surface area contributed by atoms with Crippen LogP contribution in [0.25, 0.3) is 0 Å². The summed E-state index contributed by atoms with van der Waals surface area (Å²) in [4.78, 5) is 0. The second kappa shape index (κ2) is 17.5. The highest BCUT2D eigenvalue weighted by Gasteiger charge is 2.14. The largest absolute Gasteiger partial charge is 0.327 e. The number of nitrogens with zero attached hydrogens (tertiary/aromatic N) is 2. The van der Waals surface area contributed by atoms with Crippen molar-refractivity contribution in [2.45, 2.75) is 77.8 Å². The smallest absolute Gasteiger partial charge is 0.104 e. The minimum Gasteiger partial charge on any atom is -0.327 e. The second-order valence-corrected chi connectivity index (χ2v) is 14.1. The normalized spacial score (nSPS) is 11.1. The summed E-state index contributed by atoms with van der Waals surface area (Å²) in [5.41, 5.74) is 7.78. The molecule has 0 aliphatic heterocycles. The quantitative estimate of drug-likeness (QED) is 0.113. The van der Waals surface area contributed by atoms with Crippen molar-refractivity contribution in [2.24, 2.45) is 0 Å². The number of hydrogen-bond donors (Lipinski definition) is 0. The molecule has 0 saturated carbocycles. The Kier molecular flexibility index (Phi) is 13.8. The predicted octanol–water partition coefficient (Wildman–Crippen LogP) is 8.78. The van der Waals surface area contributed by atoms with Gasteiger partial charge in [-0.05, 0) is 73.2 Å². The van der Waals surface area contributed by atoms with Crippen LogP contribution < -0.4 is 0 Å². The Morgan fingerprint density at radius 3 is 1.20 bits per heavy atom. The Morgan fingerprint density at radius 1 is 0.432 bits per heavy atom. The molecular formula is C42H54N2+2. The molecule has 0 fully saturated rings. The van der Waals surface area contributed by atoms with E-state index in [4.69, 9.17) is 0 Å². The molecule has 2 nitrogen and oxygen atoms in total. The van der Waals surface area contributed by atoms with E-state index in [9.17, 15) is 0 Å². The summed E-state index contributed by atoms with van der Waals surface area (Å²) in [6.45, 7) is 4.22. The summed E-state index contributed by atoms with van der Waals surface area (Å²) in [6.07, 6.45) is 11.7. The number of hydrogen-bond acceptors (Lipinski definition) is 0. The van der Waals surface area contributed by atoms with Crippen molar-refractivity contribution < 1.29 is 8.97 Å². The molecular weight excluding hydrogens is 532 g/mol. The van der Waals surface area contributed by atoms with E-state index < -0.39 is 0 Å². The minimum atomic E-state index is 0.890. The van der Waals surface area contributed by atoms with Crippen LogP contribution in [0.2, 0.25) is 0 Å². The van der Waals surface area contributed by atoms with Gasteiger partial charge >= 0.3 is 0 Å². The minimum absolute atomic E-state index is 0.890. The van der Waals surface area contributed by atoms with E-state index >= 15 is 0 Å². The first-order valence-corrected chi connectivity index (χ1v) is 16.5. The van der Waals surface area contributed by atoms with Gasteiger partial charge in [-0.15, -0.1) is 0 Å². The summed E-state index contributed by atoms with van der Waals surface area (Å²) in [6, 6.07) is 23.3. The van der Waals surface area contributed by atoms with Gasteiger partial charge in [-0.1, -0.05) is 87.4 Å². The first-order chi connectivity index (χ1) is 21.0. The summed E-state index contributed by atoms with van der Waals surface area (Å²) in [5.74, 6) is 20.0. The zero-order valence-electron chi connectivity index (χ0n) is 28.5. The number of benzene rings is 3. The van der Waals surface area contributed by atoms with Gasteiger partial charge in [0.25, 0.3) is 0 Å². The Bertz CT molecular complexity index is 1460. The third-order valence-corrected chi connectivity index (χ3v) is 7.23. The van der Waals surface area contributed by atoms with Gasteiger partial charge in [0.1, 0.15) is 13.1 Å². The third kappa shape index (κ3) is 14.6. The average Bonchev–Trinajstić information content (AvgIpc) is 2.95. The highest BCUT2D eigenvalue weighted by Crippen LogP contribution is 2.17. The lowest BCUT2D eigenvalue weighted by Gasteiger charge is -2.26. The average molecular weight is 587 g/mol. The number of rotatable bonds is 12. The summed E-state index contributed by atoms with van der Waals surface area (Å²) < 4.78 is 1.78. The molecule has 0 saturated heterocycles. The maximum absolute atomic E-state index is 3.42. The van der Waals surface area contributed by atoms with Crippen LogP contribution in [0.15, 0.2) is 66.7 Å². The van der Waals surface area contributed by atoms with Gasteiger partial charge in [-0.3, -0.25) is 0 Å². The summed E-state index contributed by atoms with van der Waals surface area (Å²) in [7, 11) is 13.4. The molecule has 0 aliphatic rings. The molecule has 0 aliphatic carbocycles. The van der Waals surface area contributed by atoms with E-state index in [1.165, 1.54) is 62.5 Å². The Balaban J connectivity index is 1.55. The van der Waals surface area contributed by atoms with Crippen LogP contribution in [0.1, 0.15) is 104 Å². The van der Waals surface area contributed by atoms with Crippen LogP contribution in [0, 0.1) is 35.5 Å². The summed E-state index contributed by atoms with van der Waals surface area (Å²) in [5, 5.41) is 0. The van der Waals surface area contributed by atoms with E-state index in [0.29, 0.717) is 0 Å². The molecule has 3 aromatic rings. The fourth-order valence-electron chi connectivity index (χ4n) is 5.19. The van der Waals surface area contributed by atoms with E-state index in [2.05, 4.69) is 151 Å². The molecule has 230 valence electrons. The van der Waals surface area contributed by atoms with Crippen LogP contribution in [-0.2, 0) is 13.1 Å². The lowest BCUT2D eigenvalue weighted by molar-refractivity contribution is -0.884. The van der Waals surface area contributed by atoms with E-state index in [1.54, 1.807) is 0 Å². The zero-order valence-corrected chi connectivity index (χ0v) is 28.5. The standard InChI is InChI=1S/C42H54N2/c1-8-9-10-11-12-13-14-15-16-17-18-36-19-21-37(22-20-36)23-24-38-25-27-39(28-26-38)29-30-40-31-41(34-43(2,3)4)33-42(32-40)35-44(5,6)7/h19-22,25-28,31-33H,8-16,34-35H2,1-7H3/q+2. The Morgan fingerprint density at radius 2 is 0.795 bits per heavy atom. The molecule has 0 spiro atoms. The maximum atomic E-state index is 3.42. The molecule has 44 heavy (non-hydrogen) atoms.